The number of nitrogens with zero attached hydrogens (tertiary/aromatic N) is 2. The Morgan fingerprint density at radius 2 is 2.31 bits per heavy atom. The lowest BCUT2D eigenvalue weighted by Crippen LogP contribution is -2.26. The van der Waals surface area contributed by atoms with Crippen molar-refractivity contribution in [2.75, 3.05) is 26.7 Å². The minimum atomic E-state index is 0.743. The first-order valence-electron chi connectivity index (χ1n) is 5.95. The van der Waals surface area contributed by atoms with Gasteiger partial charge < -0.3 is 10.2 Å². The van der Waals surface area contributed by atoms with Crippen LogP contribution in [-0.2, 0) is 6.54 Å². The van der Waals surface area contributed by atoms with E-state index in [1.54, 1.807) is 11.3 Å². The van der Waals surface area contributed by atoms with Gasteiger partial charge in [-0.25, -0.2) is 4.98 Å². The second kappa shape index (κ2) is 7.76. The zero-order valence-electron chi connectivity index (χ0n) is 10.6. The summed E-state index contributed by atoms with van der Waals surface area (Å²) in [5.41, 5.74) is 3.08. The lowest BCUT2D eigenvalue weighted by Gasteiger charge is -2.15. The Morgan fingerprint density at radius 1 is 1.50 bits per heavy atom. The average molecular weight is 241 g/mol. The molecular formula is C12H23N3S. The van der Waals surface area contributed by atoms with Gasteiger partial charge in [-0.15, -0.1) is 11.3 Å². The van der Waals surface area contributed by atoms with Crippen molar-refractivity contribution in [2.45, 2.75) is 26.8 Å². The van der Waals surface area contributed by atoms with Crippen LogP contribution in [0.15, 0.2) is 10.9 Å². The molecule has 0 unspecified atom stereocenters. The van der Waals surface area contributed by atoms with Crippen molar-refractivity contribution in [3.05, 3.63) is 16.6 Å². The quantitative estimate of drug-likeness (QED) is 0.707. The Balaban J connectivity index is 2.00. The van der Waals surface area contributed by atoms with Gasteiger partial charge in [0.2, 0.25) is 0 Å². The van der Waals surface area contributed by atoms with Crippen LogP contribution in [0.2, 0.25) is 0 Å². The van der Waals surface area contributed by atoms with E-state index in [-0.39, 0.29) is 0 Å². The molecule has 0 atom stereocenters. The van der Waals surface area contributed by atoms with E-state index in [9.17, 15) is 0 Å². The third kappa shape index (κ3) is 6.20. The topological polar surface area (TPSA) is 28.2 Å². The summed E-state index contributed by atoms with van der Waals surface area (Å²) in [4.78, 5) is 6.61. The molecule has 0 saturated heterocycles. The minimum absolute atomic E-state index is 0.743. The average Bonchev–Trinajstić information content (AvgIpc) is 2.69. The normalized spacial score (nSPS) is 11.6. The molecule has 3 nitrogen and oxygen atoms in total. The monoisotopic (exact) mass is 241 g/mol. The van der Waals surface area contributed by atoms with E-state index in [1.165, 1.54) is 12.1 Å². The van der Waals surface area contributed by atoms with E-state index in [0.29, 0.717) is 0 Å². The van der Waals surface area contributed by atoms with E-state index in [2.05, 4.69) is 41.5 Å². The van der Waals surface area contributed by atoms with Crippen LogP contribution in [0.3, 0.4) is 0 Å². The summed E-state index contributed by atoms with van der Waals surface area (Å²) >= 11 is 1.67. The third-order valence-corrected chi connectivity index (χ3v) is 3.00. The van der Waals surface area contributed by atoms with Gasteiger partial charge in [-0.05, 0) is 39.0 Å². The van der Waals surface area contributed by atoms with Gasteiger partial charge >= 0.3 is 0 Å². The predicted molar refractivity (Wildman–Crippen MR) is 70.8 cm³/mol. The van der Waals surface area contributed by atoms with E-state index < -0.39 is 0 Å². The molecule has 1 heterocycles. The Labute approximate surface area is 103 Å². The maximum atomic E-state index is 4.29. The molecule has 0 radical (unpaired) electrons. The van der Waals surface area contributed by atoms with Crippen LogP contribution in [0.25, 0.3) is 0 Å². The van der Waals surface area contributed by atoms with Crippen molar-refractivity contribution in [1.82, 2.24) is 15.2 Å². The molecule has 0 aliphatic heterocycles. The first-order valence-corrected chi connectivity index (χ1v) is 6.89. The van der Waals surface area contributed by atoms with Gasteiger partial charge in [0.15, 0.2) is 0 Å². The number of nitrogens with one attached hydrogen (secondary N) is 1. The molecule has 0 amide bonds. The summed E-state index contributed by atoms with van der Waals surface area (Å²) in [6, 6.07) is 0. The number of thiazole rings is 1. The van der Waals surface area contributed by atoms with Gasteiger partial charge in [-0.1, -0.05) is 13.8 Å². The van der Waals surface area contributed by atoms with Crippen LogP contribution in [-0.4, -0.2) is 36.6 Å². The molecule has 4 heteroatoms. The molecule has 0 aliphatic rings. The molecule has 0 aliphatic carbocycles. The highest BCUT2D eigenvalue weighted by atomic mass is 32.1. The van der Waals surface area contributed by atoms with Gasteiger partial charge in [-0.3, -0.25) is 0 Å². The highest BCUT2D eigenvalue weighted by Gasteiger charge is 2.01. The Kier molecular flexibility index (Phi) is 6.61. The van der Waals surface area contributed by atoms with Crippen LogP contribution < -0.4 is 5.32 Å². The lowest BCUT2D eigenvalue weighted by molar-refractivity contribution is 0.315. The first kappa shape index (κ1) is 13.6. The van der Waals surface area contributed by atoms with Gasteiger partial charge in [0, 0.05) is 11.9 Å². The summed E-state index contributed by atoms with van der Waals surface area (Å²) in [5, 5.41) is 5.58. The molecule has 1 N–H and O–H groups in total. The van der Waals surface area contributed by atoms with E-state index in [1.807, 2.05) is 5.51 Å². The SMILES string of the molecule is CC(C)CNCCCN(C)Cc1cscn1. The van der Waals surface area contributed by atoms with Crippen molar-refractivity contribution in [1.29, 1.82) is 0 Å². The van der Waals surface area contributed by atoms with Gasteiger partial charge in [0.05, 0.1) is 11.2 Å². The van der Waals surface area contributed by atoms with Crippen LogP contribution in [0, 0.1) is 5.92 Å². The predicted octanol–water partition coefficient (Wildman–Crippen LogP) is 2.21. The molecule has 0 fully saturated rings. The fourth-order valence-electron chi connectivity index (χ4n) is 1.54. The highest BCUT2D eigenvalue weighted by molar-refractivity contribution is 7.07. The standard InChI is InChI=1S/C12H23N3S/c1-11(2)7-13-5-4-6-15(3)8-12-9-16-10-14-12/h9-11,13H,4-8H2,1-3H3. The Morgan fingerprint density at radius 3 is 2.94 bits per heavy atom. The summed E-state index contributed by atoms with van der Waals surface area (Å²) in [6.07, 6.45) is 1.20. The second-order valence-corrected chi connectivity index (χ2v) is 5.39. The molecule has 0 saturated carbocycles. The molecular weight excluding hydrogens is 218 g/mol. The zero-order valence-corrected chi connectivity index (χ0v) is 11.4. The summed E-state index contributed by atoms with van der Waals surface area (Å²) in [6.45, 7) is 8.80. The minimum Gasteiger partial charge on any atom is -0.316 e. The number of hydrogen-bond donors (Lipinski definition) is 1. The summed E-state index contributed by atoms with van der Waals surface area (Å²) < 4.78 is 0. The third-order valence-electron chi connectivity index (χ3n) is 2.36. The van der Waals surface area contributed by atoms with Gasteiger partial charge in [0.1, 0.15) is 0 Å². The van der Waals surface area contributed by atoms with Crippen LogP contribution in [0.5, 0.6) is 0 Å². The number of aromatic nitrogens is 1. The molecule has 0 aromatic carbocycles. The molecule has 1 rings (SSSR count). The van der Waals surface area contributed by atoms with Gasteiger partial charge in [-0.2, -0.15) is 0 Å². The molecule has 1 aromatic heterocycles. The first-order chi connectivity index (χ1) is 7.68. The second-order valence-electron chi connectivity index (χ2n) is 4.67. The van der Waals surface area contributed by atoms with E-state index in [4.69, 9.17) is 0 Å². The molecule has 0 spiro atoms. The number of hydrogen-bond acceptors (Lipinski definition) is 4. The number of rotatable bonds is 8. The summed E-state index contributed by atoms with van der Waals surface area (Å²) in [5.74, 6) is 0.743. The highest BCUT2D eigenvalue weighted by Crippen LogP contribution is 2.04. The summed E-state index contributed by atoms with van der Waals surface area (Å²) in [7, 11) is 2.15. The smallest absolute Gasteiger partial charge is 0.0795 e. The Bertz CT molecular complexity index is 259. The van der Waals surface area contributed by atoms with E-state index in [0.717, 1.165) is 32.1 Å². The van der Waals surface area contributed by atoms with Crippen LogP contribution in [0.1, 0.15) is 26.0 Å². The molecule has 92 valence electrons. The van der Waals surface area contributed by atoms with Crippen molar-refractivity contribution in [3.63, 3.8) is 0 Å². The lowest BCUT2D eigenvalue weighted by atomic mass is 10.2. The largest absolute Gasteiger partial charge is 0.316 e. The van der Waals surface area contributed by atoms with Crippen LogP contribution in [0.4, 0.5) is 0 Å². The fourth-order valence-corrected chi connectivity index (χ4v) is 2.09. The van der Waals surface area contributed by atoms with Gasteiger partial charge in [0.25, 0.3) is 0 Å². The molecule has 0 bridgehead atoms. The van der Waals surface area contributed by atoms with Crippen molar-refractivity contribution in [3.8, 4) is 0 Å². The fraction of sp³-hybridized carbons (Fsp3) is 0.750. The van der Waals surface area contributed by atoms with Crippen molar-refractivity contribution in [2.24, 2.45) is 5.92 Å². The van der Waals surface area contributed by atoms with Crippen molar-refractivity contribution >= 4 is 11.3 Å². The maximum Gasteiger partial charge on any atom is 0.0795 e. The molecule has 1 aromatic rings. The van der Waals surface area contributed by atoms with Crippen molar-refractivity contribution < 1.29 is 0 Å². The Hall–Kier alpha value is -0.450. The van der Waals surface area contributed by atoms with Crippen LogP contribution >= 0.6 is 11.3 Å². The molecule has 16 heavy (non-hydrogen) atoms. The maximum absolute atomic E-state index is 4.29. The zero-order chi connectivity index (χ0) is 11.8. The van der Waals surface area contributed by atoms with E-state index >= 15 is 0 Å².